The lowest BCUT2D eigenvalue weighted by Crippen LogP contribution is -2.13. The van der Waals surface area contributed by atoms with Crippen LogP contribution in [0.5, 0.6) is 0 Å². The summed E-state index contributed by atoms with van der Waals surface area (Å²) in [6, 6.07) is 11.0. The van der Waals surface area contributed by atoms with E-state index in [1.54, 1.807) is 43.3 Å². The predicted molar refractivity (Wildman–Crippen MR) is 84.8 cm³/mol. The largest absolute Gasteiger partial charge is 0.326 e. The van der Waals surface area contributed by atoms with E-state index in [0.29, 0.717) is 21.8 Å². The molecule has 0 heterocycles. The molecule has 1 amide bonds. The number of benzene rings is 2. The highest BCUT2D eigenvalue weighted by molar-refractivity contribution is 6.30. The van der Waals surface area contributed by atoms with Crippen molar-refractivity contribution in [1.29, 1.82) is 0 Å². The average molecular weight is 320 g/mol. The van der Waals surface area contributed by atoms with Crippen molar-refractivity contribution < 1.29 is 14.0 Å². The normalized spacial score (nSPS) is 10.3. The maximum atomic E-state index is 13.4. The van der Waals surface area contributed by atoms with E-state index >= 15 is 0 Å². The molecule has 0 spiro atoms. The molecule has 2 aromatic carbocycles. The molecule has 5 heteroatoms. The van der Waals surface area contributed by atoms with Crippen molar-refractivity contribution in [2.75, 3.05) is 5.32 Å². The number of aryl methyl sites for hydroxylation is 1. The van der Waals surface area contributed by atoms with Crippen LogP contribution in [0, 0.1) is 12.7 Å². The summed E-state index contributed by atoms with van der Waals surface area (Å²) in [6.45, 7) is 1.64. The van der Waals surface area contributed by atoms with Crippen molar-refractivity contribution >= 4 is 29.0 Å². The Morgan fingerprint density at radius 2 is 1.77 bits per heavy atom. The Hall–Kier alpha value is -2.20. The first-order chi connectivity index (χ1) is 10.5. The summed E-state index contributed by atoms with van der Waals surface area (Å²) in [5.41, 5.74) is 1.40. The molecule has 0 radical (unpaired) electrons. The second-order valence-corrected chi connectivity index (χ2v) is 5.38. The third-order valence-electron chi connectivity index (χ3n) is 3.20. The first-order valence-electron chi connectivity index (χ1n) is 6.80. The highest BCUT2D eigenvalue weighted by Gasteiger charge is 2.10. The van der Waals surface area contributed by atoms with Gasteiger partial charge in [-0.1, -0.05) is 17.7 Å². The molecule has 3 nitrogen and oxygen atoms in total. The van der Waals surface area contributed by atoms with Crippen molar-refractivity contribution in [3.05, 3.63) is 64.4 Å². The number of hydrogen-bond acceptors (Lipinski definition) is 2. The van der Waals surface area contributed by atoms with Crippen LogP contribution in [0.1, 0.15) is 28.8 Å². The summed E-state index contributed by atoms with van der Waals surface area (Å²) in [4.78, 5) is 23.7. The Balaban J connectivity index is 1.88. The Kier molecular flexibility index (Phi) is 5.28. The van der Waals surface area contributed by atoms with Gasteiger partial charge in [0.05, 0.1) is 0 Å². The molecule has 0 bridgehead atoms. The molecule has 1 N–H and O–H groups in total. The van der Waals surface area contributed by atoms with E-state index in [-0.39, 0.29) is 30.3 Å². The zero-order valence-corrected chi connectivity index (χ0v) is 12.8. The fourth-order valence-corrected chi connectivity index (χ4v) is 2.03. The van der Waals surface area contributed by atoms with Crippen molar-refractivity contribution in [2.24, 2.45) is 0 Å². The van der Waals surface area contributed by atoms with Crippen molar-refractivity contribution in [2.45, 2.75) is 19.8 Å². The number of Topliss-reactive ketones (excluding diaryl/α,β-unsaturated/α-hetero) is 1. The molecule has 22 heavy (non-hydrogen) atoms. The molecule has 0 saturated carbocycles. The van der Waals surface area contributed by atoms with Gasteiger partial charge in [0.2, 0.25) is 5.91 Å². The van der Waals surface area contributed by atoms with E-state index in [9.17, 15) is 14.0 Å². The van der Waals surface area contributed by atoms with Gasteiger partial charge in [-0.2, -0.15) is 0 Å². The number of carbonyl (C=O) groups is 2. The van der Waals surface area contributed by atoms with Crippen LogP contribution in [0.2, 0.25) is 5.02 Å². The first-order valence-corrected chi connectivity index (χ1v) is 7.18. The number of halogens is 2. The minimum atomic E-state index is -0.380. The minimum Gasteiger partial charge on any atom is -0.326 e. The van der Waals surface area contributed by atoms with E-state index in [1.165, 1.54) is 6.07 Å². The van der Waals surface area contributed by atoms with Gasteiger partial charge in [-0.05, 0) is 48.9 Å². The second kappa shape index (κ2) is 7.18. The summed E-state index contributed by atoms with van der Waals surface area (Å²) in [7, 11) is 0. The van der Waals surface area contributed by atoms with E-state index in [4.69, 9.17) is 11.6 Å². The lowest BCUT2D eigenvalue weighted by atomic mass is 10.1. The zero-order valence-electron chi connectivity index (χ0n) is 12.0. The van der Waals surface area contributed by atoms with Gasteiger partial charge in [0.15, 0.2) is 5.78 Å². The van der Waals surface area contributed by atoms with Gasteiger partial charge in [0.1, 0.15) is 5.82 Å². The predicted octanol–water partition coefficient (Wildman–Crippen LogP) is 4.39. The molecule has 0 aliphatic rings. The molecule has 0 aromatic heterocycles. The van der Waals surface area contributed by atoms with Gasteiger partial charge in [0, 0.05) is 29.1 Å². The van der Waals surface area contributed by atoms with Crippen LogP contribution in [-0.4, -0.2) is 11.7 Å². The van der Waals surface area contributed by atoms with E-state index in [1.807, 2.05) is 0 Å². The van der Waals surface area contributed by atoms with Crippen molar-refractivity contribution in [3.63, 3.8) is 0 Å². The second-order valence-electron chi connectivity index (χ2n) is 4.94. The molecule has 0 unspecified atom stereocenters. The van der Waals surface area contributed by atoms with Crippen LogP contribution in [0.4, 0.5) is 10.1 Å². The maximum Gasteiger partial charge on any atom is 0.224 e. The summed E-state index contributed by atoms with van der Waals surface area (Å²) in [5.74, 6) is -0.845. The van der Waals surface area contributed by atoms with Gasteiger partial charge >= 0.3 is 0 Å². The highest BCUT2D eigenvalue weighted by atomic mass is 35.5. The summed E-state index contributed by atoms with van der Waals surface area (Å²) >= 11 is 5.75. The van der Waals surface area contributed by atoms with Crippen LogP contribution in [0.15, 0.2) is 42.5 Å². The van der Waals surface area contributed by atoms with E-state index < -0.39 is 0 Å². The highest BCUT2D eigenvalue weighted by Crippen LogP contribution is 2.15. The van der Waals surface area contributed by atoms with Gasteiger partial charge in [-0.15, -0.1) is 0 Å². The third kappa shape index (κ3) is 4.40. The molecular weight excluding hydrogens is 305 g/mol. The van der Waals surface area contributed by atoms with Crippen molar-refractivity contribution in [3.8, 4) is 0 Å². The van der Waals surface area contributed by atoms with Crippen LogP contribution in [0.25, 0.3) is 0 Å². The van der Waals surface area contributed by atoms with Crippen molar-refractivity contribution in [1.82, 2.24) is 0 Å². The first kappa shape index (κ1) is 16.2. The minimum absolute atomic E-state index is 0.0386. The number of hydrogen-bond donors (Lipinski definition) is 1. The summed E-state index contributed by atoms with van der Waals surface area (Å²) < 4.78 is 13.4. The molecule has 0 atom stereocenters. The summed E-state index contributed by atoms with van der Waals surface area (Å²) in [5, 5.41) is 3.13. The van der Waals surface area contributed by atoms with Gasteiger partial charge < -0.3 is 5.32 Å². The molecular formula is C17H15ClFNO2. The lowest BCUT2D eigenvalue weighted by molar-refractivity contribution is -0.116. The van der Waals surface area contributed by atoms with Crippen LogP contribution in [-0.2, 0) is 4.79 Å². The topological polar surface area (TPSA) is 46.2 Å². The van der Waals surface area contributed by atoms with Gasteiger partial charge in [0.25, 0.3) is 0 Å². The number of amides is 1. The Morgan fingerprint density at radius 1 is 1.09 bits per heavy atom. The molecule has 0 fully saturated rings. The van der Waals surface area contributed by atoms with Crippen LogP contribution < -0.4 is 5.32 Å². The molecule has 0 aliphatic carbocycles. The SMILES string of the molecule is Cc1ccc(NC(=O)CCC(=O)c2ccc(Cl)cc2)cc1F. The number of carbonyl (C=O) groups excluding carboxylic acids is 2. The fourth-order valence-electron chi connectivity index (χ4n) is 1.90. The van der Waals surface area contributed by atoms with Gasteiger partial charge in [-0.25, -0.2) is 4.39 Å². The van der Waals surface area contributed by atoms with Crippen LogP contribution >= 0.6 is 11.6 Å². The molecule has 114 valence electrons. The third-order valence-corrected chi connectivity index (χ3v) is 3.45. The summed E-state index contributed by atoms with van der Waals surface area (Å²) in [6.07, 6.45) is 0.124. The maximum absolute atomic E-state index is 13.4. The average Bonchev–Trinajstić information content (AvgIpc) is 2.49. The Bertz CT molecular complexity index is 698. The van der Waals surface area contributed by atoms with E-state index in [0.717, 1.165) is 0 Å². The lowest BCUT2D eigenvalue weighted by Gasteiger charge is -2.06. The van der Waals surface area contributed by atoms with Crippen LogP contribution in [0.3, 0.4) is 0 Å². The standard InChI is InChI=1S/C17H15ClFNO2/c1-11-2-7-14(10-15(11)19)20-17(22)9-8-16(21)12-3-5-13(18)6-4-12/h2-7,10H,8-9H2,1H3,(H,20,22). The molecule has 0 aliphatic heterocycles. The fraction of sp³-hybridized carbons (Fsp3) is 0.176. The monoisotopic (exact) mass is 319 g/mol. The zero-order chi connectivity index (χ0) is 16.1. The molecule has 2 aromatic rings. The number of ketones is 1. The smallest absolute Gasteiger partial charge is 0.224 e. The number of rotatable bonds is 5. The van der Waals surface area contributed by atoms with E-state index in [2.05, 4.69) is 5.32 Å². The molecule has 2 rings (SSSR count). The Morgan fingerprint density at radius 3 is 2.41 bits per heavy atom. The number of nitrogens with one attached hydrogen (secondary N) is 1. The van der Waals surface area contributed by atoms with Gasteiger partial charge in [-0.3, -0.25) is 9.59 Å². The Labute approximate surface area is 133 Å². The molecule has 0 saturated heterocycles. The number of anilines is 1. The quantitative estimate of drug-likeness (QED) is 0.831.